The van der Waals surface area contributed by atoms with E-state index in [9.17, 15) is 13.5 Å². The summed E-state index contributed by atoms with van der Waals surface area (Å²) in [7, 11) is -3.85. The first kappa shape index (κ1) is 14.1. The molecule has 1 heterocycles. The summed E-state index contributed by atoms with van der Waals surface area (Å²) in [6.45, 7) is 2.31. The number of ether oxygens (including phenoxy) is 1. The Morgan fingerprint density at radius 3 is 2.60 bits per heavy atom. The maximum Gasteiger partial charge on any atom is 0.265 e. The van der Waals surface area contributed by atoms with Crippen LogP contribution in [0.15, 0.2) is 47.5 Å². The summed E-state index contributed by atoms with van der Waals surface area (Å²) in [5.41, 5.74) is 0.289. The monoisotopic (exact) mass is 294 g/mol. The van der Waals surface area contributed by atoms with E-state index in [-0.39, 0.29) is 16.3 Å². The largest absolute Gasteiger partial charge is 0.507 e. The smallest absolute Gasteiger partial charge is 0.265 e. The topological polar surface area (TPSA) is 88.5 Å². The third kappa shape index (κ3) is 3.18. The van der Waals surface area contributed by atoms with Crippen molar-refractivity contribution in [3.8, 4) is 11.6 Å². The molecule has 0 aliphatic carbocycles. The molecule has 0 fully saturated rings. The zero-order chi connectivity index (χ0) is 14.6. The van der Waals surface area contributed by atoms with E-state index in [1.54, 1.807) is 12.1 Å². The Labute approximate surface area is 117 Å². The van der Waals surface area contributed by atoms with Gasteiger partial charge in [-0.1, -0.05) is 12.1 Å². The fourth-order valence-electron chi connectivity index (χ4n) is 1.57. The number of anilines is 1. The molecule has 0 unspecified atom stereocenters. The van der Waals surface area contributed by atoms with Crippen LogP contribution in [0.4, 0.5) is 5.69 Å². The van der Waals surface area contributed by atoms with Crippen LogP contribution in [0.3, 0.4) is 0 Å². The summed E-state index contributed by atoms with van der Waals surface area (Å²) in [5, 5.41) is 9.58. The van der Waals surface area contributed by atoms with Gasteiger partial charge in [0.1, 0.15) is 10.6 Å². The molecule has 0 aliphatic rings. The minimum atomic E-state index is -3.85. The molecule has 20 heavy (non-hydrogen) atoms. The molecule has 106 valence electrons. The first-order chi connectivity index (χ1) is 9.53. The number of aromatic hydroxyl groups is 1. The van der Waals surface area contributed by atoms with Crippen LogP contribution in [0.25, 0.3) is 0 Å². The van der Waals surface area contributed by atoms with Gasteiger partial charge in [-0.3, -0.25) is 4.72 Å². The molecule has 0 bridgehead atoms. The van der Waals surface area contributed by atoms with Crippen LogP contribution in [0.2, 0.25) is 0 Å². The molecular weight excluding hydrogens is 280 g/mol. The molecule has 7 heteroatoms. The fraction of sp³-hybridized carbons (Fsp3) is 0.154. The third-order valence-corrected chi connectivity index (χ3v) is 3.86. The molecule has 2 aromatic rings. The minimum Gasteiger partial charge on any atom is -0.507 e. The van der Waals surface area contributed by atoms with E-state index < -0.39 is 10.0 Å². The number of aromatic nitrogens is 1. The Kier molecular flexibility index (Phi) is 4.09. The number of para-hydroxylation sites is 1. The molecule has 0 radical (unpaired) electrons. The summed E-state index contributed by atoms with van der Waals surface area (Å²) in [6, 6.07) is 8.81. The highest BCUT2D eigenvalue weighted by Gasteiger charge is 2.18. The summed E-state index contributed by atoms with van der Waals surface area (Å²) in [6.07, 6.45) is 1.35. The van der Waals surface area contributed by atoms with Crippen LogP contribution in [0.1, 0.15) is 6.92 Å². The van der Waals surface area contributed by atoms with Crippen LogP contribution in [-0.4, -0.2) is 25.1 Å². The van der Waals surface area contributed by atoms with Crippen molar-refractivity contribution in [1.29, 1.82) is 0 Å². The van der Waals surface area contributed by atoms with E-state index in [0.717, 1.165) is 0 Å². The fourth-order valence-corrected chi connectivity index (χ4v) is 2.71. The van der Waals surface area contributed by atoms with Gasteiger partial charge in [0, 0.05) is 6.07 Å². The van der Waals surface area contributed by atoms with Crippen LogP contribution >= 0.6 is 0 Å². The second kappa shape index (κ2) is 5.79. The lowest BCUT2D eigenvalue weighted by Gasteiger charge is -2.09. The van der Waals surface area contributed by atoms with E-state index >= 15 is 0 Å². The number of nitrogens with zero attached hydrogens (tertiary/aromatic N) is 1. The molecule has 0 saturated heterocycles. The van der Waals surface area contributed by atoms with E-state index in [1.165, 1.54) is 30.5 Å². The Morgan fingerprint density at radius 1 is 1.25 bits per heavy atom. The van der Waals surface area contributed by atoms with E-state index in [2.05, 4.69) is 9.71 Å². The van der Waals surface area contributed by atoms with Crippen molar-refractivity contribution in [2.75, 3.05) is 11.3 Å². The summed E-state index contributed by atoms with van der Waals surface area (Å²) in [4.78, 5) is 3.77. The second-order valence-electron chi connectivity index (χ2n) is 3.89. The maximum atomic E-state index is 12.1. The lowest BCUT2D eigenvalue weighted by atomic mass is 10.3. The van der Waals surface area contributed by atoms with Crippen molar-refractivity contribution in [2.24, 2.45) is 0 Å². The van der Waals surface area contributed by atoms with Gasteiger partial charge in [-0.05, 0) is 25.1 Å². The Balaban J connectivity index is 2.22. The van der Waals surface area contributed by atoms with Crippen molar-refractivity contribution in [3.63, 3.8) is 0 Å². The number of benzene rings is 1. The first-order valence-corrected chi connectivity index (χ1v) is 7.41. The SMILES string of the molecule is CCOc1ccc(NS(=O)(=O)c2ccccc2O)cn1. The first-order valence-electron chi connectivity index (χ1n) is 5.92. The predicted molar refractivity (Wildman–Crippen MR) is 74.3 cm³/mol. The highest BCUT2D eigenvalue weighted by molar-refractivity contribution is 7.92. The van der Waals surface area contributed by atoms with Crippen molar-refractivity contribution >= 4 is 15.7 Å². The standard InChI is InChI=1S/C13H14N2O4S/c1-2-19-13-8-7-10(9-14-13)15-20(17,18)12-6-4-3-5-11(12)16/h3-9,15-16H,2H2,1H3. The normalized spacial score (nSPS) is 11.1. The van der Waals surface area contributed by atoms with Crippen LogP contribution in [-0.2, 0) is 10.0 Å². The lowest BCUT2D eigenvalue weighted by molar-refractivity contribution is 0.327. The quantitative estimate of drug-likeness (QED) is 0.880. The Hall–Kier alpha value is -2.28. The summed E-state index contributed by atoms with van der Waals surface area (Å²) < 4.78 is 31.7. The molecule has 6 nitrogen and oxygen atoms in total. The van der Waals surface area contributed by atoms with Gasteiger partial charge in [-0.15, -0.1) is 0 Å². The second-order valence-corrected chi connectivity index (χ2v) is 5.54. The molecule has 0 aliphatic heterocycles. The van der Waals surface area contributed by atoms with E-state index in [4.69, 9.17) is 4.74 Å². The minimum absolute atomic E-state index is 0.186. The van der Waals surface area contributed by atoms with E-state index in [0.29, 0.717) is 12.5 Å². The van der Waals surface area contributed by atoms with Gasteiger partial charge in [-0.2, -0.15) is 0 Å². The zero-order valence-corrected chi connectivity index (χ0v) is 11.6. The van der Waals surface area contributed by atoms with Crippen LogP contribution in [0, 0.1) is 0 Å². The number of phenols is 1. The number of hydrogen-bond donors (Lipinski definition) is 2. The van der Waals surface area contributed by atoms with Gasteiger partial charge in [0.25, 0.3) is 10.0 Å². The average Bonchev–Trinajstić information content (AvgIpc) is 2.41. The molecule has 0 atom stereocenters. The molecule has 2 rings (SSSR count). The molecule has 1 aromatic carbocycles. The van der Waals surface area contributed by atoms with Crippen molar-refractivity contribution in [3.05, 3.63) is 42.6 Å². The Bertz CT molecular complexity index is 684. The molecular formula is C13H14N2O4S. The van der Waals surface area contributed by atoms with Gasteiger partial charge < -0.3 is 9.84 Å². The maximum absolute atomic E-state index is 12.1. The van der Waals surface area contributed by atoms with Crippen molar-refractivity contribution < 1.29 is 18.3 Å². The molecule has 0 amide bonds. The number of hydrogen-bond acceptors (Lipinski definition) is 5. The highest BCUT2D eigenvalue weighted by atomic mass is 32.2. The molecule has 0 spiro atoms. The van der Waals surface area contributed by atoms with Crippen LogP contribution < -0.4 is 9.46 Å². The Morgan fingerprint density at radius 2 is 2.00 bits per heavy atom. The van der Waals surface area contributed by atoms with Crippen molar-refractivity contribution in [2.45, 2.75) is 11.8 Å². The van der Waals surface area contributed by atoms with Gasteiger partial charge in [0.05, 0.1) is 18.5 Å². The molecule has 0 saturated carbocycles. The summed E-state index contributed by atoms with van der Waals surface area (Å²) in [5.74, 6) is 0.108. The molecule has 2 N–H and O–H groups in total. The number of nitrogens with one attached hydrogen (secondary N) is 1. The number of phenolic OH excluding ortho intramolecular Hbond substituents is 1. The van der Waals surface area contributed by atoms with Gasteiger partial charge in [-0.25, -0.2) is 13.4 Å². The predicted octanol–water partition coefficient (Wildman–Crippen LogP) is 1.99. The number of sulfonamides is 1. The average molecular weight is 294 g/mol. The zero-order valence-electron chi connectivity index (χ0n) is 10.8. The van der Waals surface area contributed by atoms with E-state index in [1.807, 2.05) is 6.92 Å². The van der Waals surface area contributed by atoms with Crippen molar-refractivity contribution in [1.82, 2.24) is 4.98 Å². The number of rotatable bonds is 5. The number of pyridine rings is 1. The molecule has 1 aromatic heterocycles. The third-order valence-electron chi connectivity index (χ3n) is 2.44. The lowest BCUT2D eigenvalue weighted by Crippen LogP contribution is -2.13. The summed E-state index contributed by atoms with van der Waals surface area (Å²) >= 11 is 0. The van der Waals surface area contributed by atoms with Gasteiger partial charge >= 0.3 is 0 Å². The van der Waals surface area contributed by atoms with Crippen LogP contribution in [0.5, 0.6) is 11.6 Å². The van der Waals surface area contributed by atoms with Gasteiger partial charge in [0.2, 0.25) is 5.88 Å². The van der Waals surface area contributed by atoms with Gasteiger partial charge in [0.15, 0.2) is 0 Å². The highest BCUT2D eigenvalue weighted by Crippen LogP contribution is 2.24.